The summed E-state index contributed by atoms with van der Waals surface area (Å²) in [6.45, 7) is 2.58. The van der Waals surface area contributed by atoms with Crippen molar-refractivity contribution >= 4 is 17.4 Å². The Kier molecular flexibility index (Phi) is 4.07. The second kappa shape index (κ2) is 6.34. The second-order valence-corrected chi connectivity index (χ2v) is 5.39. The first-order chi connectivity index (χ1) is 11.6. The van der Waals surface area contributed by atoms with Gasteiger partial charge in [0.15, 0.2) is 0 Å². The van der Waals surface area contributed by atoms with E-state index in [4.69, 9.17) is 11.0 Å². The number of nitrogens with zero attached hydrogens (tertiary/aromatic N) is 3. The quantitative estimate of drug-likeness (QED) is 0.677. The van der Waals surface area contributed by atoms with E-state index in [1.54, 1.807) is 23.3 Å². The summed E-state index contributed by atoms with van der Waals surface area (Å²) < 4.78 is 1.72. The first-order valence-electron chi connectivity index (χ1n) is 7.39. The van der Waals surface area contributed by atoms with Gasteiger partial charge in [-0.2, -0.15) is 5.26 Å². The van der Waals surface area contributed by atoms with E-state index in [0.29, 0.717) is 35.7 Å². The summed E-state index contributed by atoms with van der Waals surface area (Å²) in [4.78, 5) is 16.1. The fourth-order valence-electron chi connectivity index (χ4n) is 2.53. The number of urea groups is 1. The lowest BCUT2D eigenvalue weighted by atomic mass is 10.1. The predicted octanol–water partition coefficient (Wildman–Crippen LogP) is 1.26. The molecule has 0 unspecified atom stereocenters. The number of nitriles is 1. The molecule has 8 nitrogen and oxygen atoms in total. The highest BCUT2D eigenvalue weighted by Crippen LogP contribution is 2.28. The molecule has 0 saturated heterocycles. The van der Waals surface area contributed by atoms with Crippen molar-refractivity contribution < 1.29 is 4.79 Å². The molecule has 3 heterocycles. The molecule has 8 heteroatoms. The Morgan fingerprint density at radius 2 is 2.42 bits per heavy atom. The summed E-state index contributed by atoms with van der Waals surface area (Å²) in [5.41, 5.74) is 13.0. The molecule has 2 aromatic heterocycles. The molecule has 122 valence electrons. The topological polar surface area (TPSA) is 121 Å². The van der Waals surface area contributed by atoms with Crippen molar-refractivity contribution in [2.24, 2.45) is 5.73 Å². The molecule has 2 amide bonds. The van der Waals surface area contributed by atoms with Gasteiger partial charge >= 0.3 is 6.03 Å². The van der Waals surface area contributed by atoms with E-state index >= 15 is 0 Å². The Bertz CT molecular complexity index is 845. The summed E-state index contributed by atoms with van der Waals surface area (Å²) in [6, 6.07) is 5.45. The lowest BCUT2D eigenvalue weighted by molar-refractivity contribution is 0.251. The summed E-state index contributed by atoms with van der Waals surface area (Å²) >= 11 is 0. The molecule has 1 aliphatic heterocycles. The van der Waals surface area contributed by atoms with Crippen LogP contribution in [0.15, 0.2) is 36.3 Å². The van der Waals surface area contributed by atoms with E-state index in [2.05, 4.69) is 27.1 Å². The van der Waals surface area contributed by atoms with E-state index in [0.717, 1.165) is 11.1 Å². The van der Waals surface area contributed by atoms with Crippen LogP contribution in [0.3, 0.4) is 0 Å². The zero-order valence-electron chi connectivity index (χ0n) is 13.1. The third-order valence-corrected chi connectivity index (χ3v) is 3.82. The second-order valence-electron chi connectivity index (χ2n) is 5.39. The van der Waals surface area contributed by atoms with Crippen LogP contribution in [0.2, 0.25) is 0 Å². The standard InChI is InChI=1S/C16H17N7O/c1-10-13(9-23-15(10)14(18)12(5-17)8-21-23)22-16(24)20-7-11-3-2-4-19-6-11/h2-4,6,9,21H,7-8,18H2,1H3,(H2,20,22,24). The minimum absolute atomic E-state index is 0.326. The zero-order chi connectivity index (χ0) is 17.1. The van der Waals surface area contributed by atoms with Crippen LogP contribution in [0.4, 0.5) is 10.5 Å². The molecule has 0 fully saturated rings. The van der Waals surface area contributed by atoms with E-state index in [9.17, 15) is 4.79 Å². The van der Waals surface area contributed by atoms with Crippen LogP contribution in [0.25, 0.3) is 5.70 Å². The summed E-state index contributed by atoms with van der Waals surface area (Å²) in [6.07, 6.45) is 5.12. The van der Waals surface area contributed by atoms with Gasteiger partial charge < -0.3 is 21.8 Å². The Balaban J connectivity index is 1.72. The van der Waals surface area contributed by atoms with Gasteiger partial charge in [-0.05, 0) is 18.6 Å². The van der Waals surface area contributed by atoms with Gasteiger partial charge in [0, 0.05) is 24.5 Å². The highest BCUT2D eigenvalue weighted by Gasteiger charge is 2.22. The first kappa shape index (κ1) is 15.4. The minimum Gasteiger partial charge on any atom is -0.396 e. The van der Waals surface area contributed by atoms with Crippen LogP contribution in [0, 0.1) is 18.3 Å². The fraction of sp³-hybridized carbons (Fsp3) is 0.188. The zero-order valence-corrected chi connectivity index (χ0v) is 13.1. The number of anilines is 1. The van der Waals surface area contributed by atoms with Crippen LogP contribution in [0.5, 0.6) is 0 Å². The van der Waals surface area contributed by atoms with Gasteiger partial charge in [-0.25, -0.2) is 4.79 Å². The number of carbonyl (C=O) groups excluding carboxylic acids is 1. The fourth-order valence-corrected chi connectivity index (χ4v) is 2.53. The third kappa shape index (κ3) is 2.87. The number of hydrogen-bond acceptors (Lipinski definition) is 5. The number of hydrogen-bond donors (Lipinski definition) is 4. The molecule has 0 aliphatic carbocycles. The maximum atomic E-state index is 12.1. The van der Waals surface area contributed by atoms with Gasteiger partial charge in [-0.15, -0.1) is 0 Å². The van der Waals surface area contributed by atoms with Crippen molar-refractivity contribution in [2.75, 3.05) is 17.3 Å². The average molecular weight is 323 g/mol. The lowest BCUT2D eigenvalue weighted by Gasteiger charge is -2.19. The number of fused-ring (bicyclic) bond motifs is 1. The SMILES string of the molecule is Cc1c(NC(=O)NCc2cccnc2)cn2c1C(N)=C(C#N)CN2. The smallest absolute Gasteiger partial charge is 0.319 e. The molecule has 0 bridgehead atoms. The van der Waals surface area contributed by atoms with E-state index in [-0.39, 0.29) is 6.03 Å². The molecule has 3 rings (SSSR count). The number of amides is 2. The number of nitrogens with two attached hydrogens (primary N) is 1. The van der Waals surface area contributed by atoms with Crippen LogP contribution in [0.1, 0.15) is 16.8 Å². The Hall–Kier alpha value is -3.47. The molecule has 0 atom stereocenters. The molecule has 0 aromatic carbocycles. The molecule has 2 aromatic rings. The first-order valence-corrected chi connectivity index (χ1v) is 7.39. The predicted molar refractivity (Wildman–Crippen MR) is 90.2 cm³/mol. The highest BCUT2D eigenvalue weighted by atomic mass is 16.2. The molecule has 5 N–H and O–H groups in total. The van der Waals surface area contributed by atoms with Crippen LogP contribution in [-0.2, 0) is 6.54 Å². The van der Waals surface area contributed by atoms with Gasteiger partial charge in [-0.3, -0.25) is 9.66 Å². The number of pyridine rings is 1. The number of nitrogens with one attached hydrogen (secondary N) is 3. The number of rotatable bonds is 3. The molecule has 24 heavy (non-hydrogen) atoms. The number of aromatic nitrogens is 2. The van der Waals surface area contributed by atoms with Crippen molar-refractivity contribution in [1.29, 1.82) is 5.26 Å². The van der Waals surface area contributed by atoms with Gasteiger partial charge in [-0.1, -0.05) is 6.07 Å². The minimum atomic E-state index is -0.326. The molecule has 1 aliphatic rings. The van der Waals surface area contributed by atoms with Gasteiger partial charge in [0.1, 0.15) is 0 Å². The normalized spacial score (nSPS) is 12.8. The Morgan fingerprint density at radius 3 is 3.12 bits per heavy atom. The van der Waals surface area contributed by atoms with Crippen LogP contribution in [-0.4, -0.2) is 22.2 Å². The van der Waals surface area contributed by atoms with E-state index in [1.807, 2.05) is 19.1 Å². The third-order valence-electron chi connectivity index (χ3n) is 3.82. The highest BCUT2D eigenvalue weighted by molar-refractivity contribution is 5.91. The average Bonchev–Trinajstić information content (AvgIpc) is 2.91. The summed E-state index contributed by atoms with van der Waals surface area (Å²) in [7, 11) is 0. The number of carbonyl (C=O) groups is 1. The maximum absolute atomic E-state index is 12.1. The van der Waals surface area contributed by atoms with Crippen molar-refractivity contribution in [3.05, 3.63) is 53.1 Å². The van der Waals surface area contributed by atoms with Crippen LogP contribution < -0.4 is 21.8 Å². The maximum Gasteiger partial charge on any atom is 0.319 e. The van der Waals surface area contributed by atoms with Gasteiger partial charge in [0.25, 0.3) is 0 Å². The molecule has 0 radical (unpaired) electrons. The Labute approximate surface area is 139 Å². The van der Waals surface area contributed by atoms with Crippen LogP contribution >= 0.6 is 0 Å². The van der Waals surface area contributed by atoms with Crippen molar-refractivity contribution in [3.8, 4) is 6.07 Å². The van der Waals surface area contributed by atoms with Gasteiger partial charge in [0.2, 0.25) is 0 Å². The lowest BCUT2D eigenvalue weighted by Crippen LogP contribution is -2.28. The molecular weight excluding hydrogens is 306 g/mol. The van der Waals surface area contributed by atoms with E-state index in [1.165, 1.54) is 0 Å². The monoisotopic (exact) mass is 323 g/mol. The Morgan fingerprint density at radius 1 is 1.58 bits per heavy atom. The molecule has 0 spiro atoms. The van der Waals surface area contributed by atoms with Crippen molar-refractivity contribution in [2.45, 2.75) is 13.5 Å². The summed E-state index contributed by atoms with van der Waals surface area (Å²) in [5.74, 6) is 0. The van der Waals surface area contributed by atoms with Crippen molar-refractivity contribution in [3.63, 3.8) is 0 Å². The molecule has 0 saturated carbocycles. The van der Waals surface area contributed by atoms with Gasteiger partial charge in [0.05, 0.1) is 41.5 Å². The van der Waals surface area contributed by atoms with Crippen molar-refractivity contribution in [1.82, 2.24) is 15.0 Å². The summed E-state index contributed by atoms with van der Waals surface area (Å²) in [5, 5.41) is 14.7. The largest absolute Gasteiger partial charge is 0.396 e. The van der Waals surface area contributed by atoms with E-state index < -0.39 is 0 Å². The molecular formula is C16H17N7O.